The minimum atomic E-state index is -0.471. The number of nitrogens with two attached hydrogens (primary N) is 1. The first-order valence-electron chi connectivity index (χ1n) is 8.60. The molecule has 3 rings (SSSR count). The number of amides is 2. The number of hydrogen-bond donors (Lipinski definition) is 2. The molecule has 1 fully saturated rings. The maximum absolute atomic E-state index is 12.1. The standard InChI is InChI=1S/C20H22N2O3/c21-19(23)16-8-4-6-14(12-16)15-7-5-11-18(13-15)25-20(24)22-17-9-2-1-3-10-17/h4-8,11-13,17H,1-3,9-10H2,(H2,21,23)(H,22,24)/i20-1. The van der Waals surface area contributed by atoms with E-state index in [1.165, 1.54) is 6.42 Å². The lowest BCUT2D eigenvalue weighted by molar-refractivity contribution is 0.1000. The van der Waals surface area contributed by atoms with Crippen LogP contribution in [-0.4, -0.2) is 18.0 Å². The predicted molar refractivity (Wildman–Crippen MR) is 96.4 cm³/mol. The summed E-state index contributed by atoms with van der Waals surface area (Å²) in [6, 6.07) is 14.5. The van der Waals surface area contributed by atoms with Crippen molar-refractivity contribution in [3.8, 4) is 16.9 Å². The topological polar surface area (TPSA) is 81.4 Å². The van der Waals surface area contributed by atoms with Gasteiger partial charge in [-0.25, -0.2) is 4.79 Å². The van der Waals surface area contributed by atoms with E-state index >= 15 is 0 Å². The van der Waals surface area contributed by atoms with Gasteiger partial charge in [0.05, 0.1) is 0 Å². The van der Waals surface area contributed by atoms with E-state index in [0.717, 1.165) is 36.8 Å². The quantitative estimate of drug-likeness (QED) is 0.888. The zero-order chi connectivity index (χ0) is 17.6. The molecular weight excluding hydrogens is 315 g/mol. The lowest BCUT2D eigenvalue weighted by Gasteiger charge is -2.22. The zero-order valence-corrected chi connectivity index (χ0v) is 14.0. The van der Waals surface area contributed by atoms with Crippen LogP contribution in [0, 0.1) is 0 Å². The third-order valence-corrected chi connectivity index (χ3v) is 4.45. The molecule has 0 saturated heterocycles. The molecule has 1 aliphatic rings. The normalized spacial score (nSPS) is 14.7. The lowest BCUT2D eigenvalue weighted by atomic mass is 9.94. The lowest BCUT2D eigenvalue weighted by Crippen LogP contribution is -2.37. The van der Waals surface area contributed by atoms with Crippen molar-refractivity contribution < 1.29 is 14.3 Å². The summed E-state index contributed by atoms with van der Waals surface area (Å²) in [6.07, 6.45) is 5.13. The third kappa shape index (κ3) is 4.59. The van der Waals surface area contributed by atoms with Crippen LogP contribution in [0.15, 0.2) is 48.5 Å². The van der Waals surface area contributed by atoms with E-state index in [1.807, 2.05) is 18.2 Å². The van der Waals surface area contributed by atoms with Crippen LogP contribution in [0.4, 0.5) is 4.79 Å². The molecule has 0 unspecified atom stereocenters. The summed E-state index contributed by atoms with van der Waals surface area (Å²) in [5.74, 6) is -0.00333. The molecule has 1 saturated carbocycles. The van der Waals surface area contributed by atoms with Crippen LogP contribution in [0.3, 0.4) is 0 Å². The van der Waals surface area contributed by atoms with Gasteiger partial charge in [-0.3, -0.25) is 4.79 Å². The van der Waals surface area contributed by atoms with E-state index in [-0.39, 0.29) is 6.04 Å². The molecule has 0 spiro atoms. The number of nitrogens with one attached hydrogen (secondary N) is 1. The van der Waals surface area contributed by atoms with Gasteiger partial charge >= 0.3 is 6.09 Å². The summed E-state index contributed by atoms with van der Waals surface area (Å²) in [4.78, 5) is 23.4. The van der Waals surface area contributed by atoms with Gasteiger partial charge in [0.25, 0.3) is 0 Å². The molecule has 5 nitrogen and oxygen atoms in total. The van der Waals surface area contributed by atoms with Crippen LogP contribution in [0.5, 0.6) is 5.75 Å². The van der Waals surface area contributed by atoms with Gasteiger partial charge in [0, 0.05) is 11.6 Å². The minimum Gasteiger partial charge on any atom is -0.410 e. The molecule has 2 aromatic rings. The van der Waals surface area contributed by atoms with Crippen molar-refractivity contribution in [3.05, 3.63) is 54.1 Å². The Bertz CT molecular complexity index is 767. The van der Waals surface area contributed by atoms with Crippen molar-refractivity contribution in [1.82, 2.24) is 5.32 Å². The van der Waals surface area contributed by atoms with Crippen molar-refractivity contribution in [3.63, 3.8) is 0 Å². The van der Waals surface area contributed by atoms with Gasteiger partial charge < -0.3 is 15.8 Å². The first kappa shape index (κ1) is 17.0. The Morgan fingerprint density at radius 1 is 0.960 bits per heavy atom. The number of primary amides is 1. The van der Waals surface area contributed by atoms with Crippen molar-refractivity contribution >= 4 is 12.0 Å². The van der Waals surface area contributed by atoms with E-state index in [4.69, 9.17) is 10.5 Å². The van der Waals surface area contributed by atoms with Gasteiger partial charge in [-0.05, 0) is 48.2 Å². The molecule has 0 aliphatic heterocycles. The van der Waals surface area contributed by atoms with Gasteiger partial charge in [0.2, 0.25) is 5.91 Å². The van der Waals surface area contributed by atoms with E-state index in [0.29, 0.717) is 11.3 Å². The molecule has 0 heterocycles. The van der Waals surface area contributed by atoms with Crippen molar-refractivity contribution in [2.75, 3.05) is 0 Å². The van der Waals surface area contributed by atoms with Crippen molar-refractivity contribution in [2.24, 2.45) is 5.73 Å². The third-order valence-electron chi connectivity index (χ3n) is 4.45. The van der Waals surface area contributed by atoms with Gasteiger partial charge in [-0.1, -0.05) is 43.5 Å². The first-order valence-corrected chi connectivity index (χ1v) is 8.60. The van der Waals surface area contributed by atoms with Crippen LogP contribution in [0.25, 0.3) is 11.1 Å². The Labute approximate surface area is 147 Å². The minimum absolute atomic E-state index is 0.205. The first-order chi connectivity index (χ1) is 12.1. The van der Waals surface area contributed by atoms with Crippen molar-refractivity contribution in [2.45, 2.75) is 38.1 Å². The molecule has 0 atom stereocenters. The van der Waals surface area contributed by atoms with Gasteiger partial charge in [-0.2, -0.15) is 0 Å². The fourth-order valence-corrected chi connectivity index (χ4v) is 3.14. The highest BCUT2D eigenvalue weighted by Gasteiger charge is 2.16. The molecule has 5 heteroatoms. The number of ether oxygens (including phenoxy) is 1. The SMILES string of the molecule is NC(=O)c1cccc(-c2cccc(O[11C](=O)NC3CCCCC3)c2)c1. The fourth-order valence-electron chi connectivity index (χ4n) is 3.14. The smallest absolute Gasteiger partial charge is 0.410 e. The maximum atomic E-state index is 12.1. The van der Waals surface area contributed by atoms with Crippen molar-refractivity contribution in [1.29, 1.82) is 0 Å². The largest absolute Gasteiger partial charge is 0.412 e. The van der Waals surface area contributed by atoms with E-state index in [1.54, 1.807) is 30.3 Å². The second-order valence-electron chi connectivity index (χ2n) is 6.34. The average molecular weight is 337 g/mol. The highest BCUT2D eigenvalue weighted by atomic mass is 16.5. The van der Waals surface area contributed by atoms with Gasteiger partial charge in [-0.15, -0.1) is 0 Å². The molecule has 130 valence electrons. The monoisotopic (exact) mass is 337 g/mol. The summed E-state index contributed by atoms with van der Waals surface area (Å²) in [5.41, 5.74) is 7.47. The van der Waals surface area contributed by atoms with Gasteiger partial charge in [0.1, 0.15) is 5.75 Å². The van der Waals surface area contributed by atoms with Crippen LogP contribution in [0.2, 0.25) is 0 Å². The molecule has 2 aromatic carbocycles. The second-order valence-corrected chi connectivity index (χ2v) is 6.34. The summed E-state index contributed by atoms with van der Waals surface area (Å²) in [5, 5.41) is 2.93. The number of carbonyl (C=O) groups is 2. The zero-order valence-electron chi connectivity index (χ0n) is 14.0. The molecule has 1 aliphatic carbocycles. The average Bonchev–Trinajstić information content (AvgIpc) is 2.63. The van der Waals surface area contributed by atoms with Crippen LogP contribution in [0.1, 0.15) is 42.5 Å². The van der Waals surface area contributed by atoms with E-state index < -0.39 is 12.0 Å². The molecule has 0 aromatic heterocycles. The van der Waals surface area contributed by atoms with Crippen LogP contribution in [-0.2, 0) is 0 Å². The Hall–Kier alpha value is -2.82. The molecule has 3 N–H and O–H groups in total. The second kappa shape index (κ2) is 7.83. The highest BCUT2D eigenvalue weighted by molar-refractivity contribution is 5.94. The highest BCUT2D eigenvalue weighted by Crippen LogP contribution is 2.25. The summed E-state index contributed by atoms with van der Waals surface area (Å²) in [6.45, 7) is 0. The molecular formula is C20H22N2O3. The Kier molecular flexibility index (Phi) is 5.33. The summed E-state index contributed by atoms with van der Waals surface area (Å²) < 4.78 is 5.42. The Balaban J connectivity index is 1.69. The summed E-state index contributed by atoms with van der Waals surface area (Å²) >= 11 is 0. The van der Waals surface area contributed by atoms with E-state index in [9.17, 15) is 9.59 Å². The molecule has 0 bridgehead atoms. The summed E-state index contributed by atoms with van der Waals surface area (Å²) in [7, 11) is 0. The number of rotatable bonds is 4. The van der Waals surface area contributed by atoms with Gasteiger partial charge in [0.15, 0.2) is 0 Å². The number of benzene rings is 2. The molecule has 25 heavy (non-hydrogen) atoms. The van der Waals surface area contributed by atoms with E-state index in [2.05, 4.69) is 5.32 Å². The Morgan fingerprint density at radius 3 is 2.36 bits per heavy atom. The molecule has 0 radical (unpaired) electrons. The number of hydrogen-bond acceptors (Lipinski definition) is 3. The predicted octanol–water partition coefficient (Wildman–Crippen LogP) is 3.87. The molecule has 2 amide bonds. The number of carbonyl (C=O) groups excluding carboxylic acids is 2. The van der Waals surface area contributed by atoms with Crippen LogP contribution < -0.4 is 15.8 Å². The maximum Gasteiger partial charge on any atom is 0.412 e. The Morgan fingerprint density at radius 2 is 1.64 bits per heavy atom. The van der Waals surface area contributed by atoms with Crippen LogP contribution >= 0.6 is 0 Å². The fraction of sp³-hybridized carbons (Fsp3) is 0.300.